The Labute approximate surface area is 121 Å². The molecule has 0 aliphatic carbocycles. The van der Waals surface area contributed by atoms with Crippen molar-refractivity contribution in [1.29, 1.82) is 0 Å². The minimum atomic E-state index is -3.24. The minimum Gasteiger partial charge on any atom is -0.340 e. The van der Waals surface area contributed by atoms with Crippen molar-refractivity contribution in [2.24, 2.45) is 0 Å². The van der Waals surface area contributed by atoms with E-state index in [-0.39, 0.29) is 17.7 Å². The van der Waals surface area contributed by atoms with Gasteiger partial charge in [-0.05, 0) is 32.6 Å². The van der Waals surface area contributed by atoms with Gasteiger partial charge in [-0.25, -0.2) is 12.7 Å². The highest BCUT2D eigenvalue weighted by Gasteiger charge is 2.32. The molecular formula is C14H24N2O3S. The number of amides is 1. The van der Waals surface area contributed by atoms with E-state index in [2.05, 4.69) is 6.58 Å². The second-order valence-corrected chi connectivity index (χ2v) is 7.86. The monoisotopic (exact) mass is 300 g/mol. The van der Waals surface area contributed by atoms with Gasteiger partial charge in [-0.3, -0.25) is 4.79 Å². The summed E-state index contributed by atoms with van der Waals surface area (Å²) in [5.74, 6) is 0.258. The third-order valence-electron chi connectivity index (χ3n) is 4.03. The number of carbonyl (C=O) groups is 1. The van der Waals surface area contributed by atoms with Gasteiger partial charge < -0.3 is 4.90 Å². The van der Waals surface area contributed by atoms with Crippen LogP contribution < -0.4 is 0 Å². The van der Waals surface area contributed by atoms with Crippen LogP contribution in [0.4, 0.5) is 0 Å². The molecule has 2 fully saturated rings. The maximum absolute atomic E-state index is 12.2. The predicted octanol–water partition coefficient (Wildman–Crippen LogP) is 1.37. The van der Waals surface area contributed by atoms with E-state index in [1.165, 1.54) is 0 Å². The molecule has 2 heterocycles. The second kappa shape index (κ2) is 6.26. The SMILES string of the molecule is C=C(C)CS(=O)(=O)N1CCCC(N2CCCC2=O)CC1. The minimum absolute atomic E-state index is 0.0281. The maximum atomic E-state index is 12.2. The van der Waals surface area contributed by atoms with Crippen LogP contribution in [0.5, 0.6) is 0 Å². The van der Waals surface area contributed by atoms with Gasteiger partial charge in [-0.1, -0.05) is 12.2 Å². The second-order valence-electron chi connectivity index (χ2n) is 5.89. The highest BCUT2D eigenvalue weighted by Crippen LogP contribution is 2.23. The molecule has 0 aromatic rings. The molecule has 2 aliphatic rings. The first-order valence-electron chi connectivity index (χ1n) is 7.32. The first kappa shape index (κ1) is 15.5. The molecule has 114 valence electrons. The summed E-state index contributed by atoms with van der Waals surface area (Å²) in [6.07, 6.45) is 4.07. The van der Waals surface area contributed by atoms with Crippen LogP contribution in [0.3, 0.4) is 0 Å². The molecule has 0 spiro atoms. The fraction of sp³-hybridized carbons (Fsp3) is 0.786. The molecule has 6 heteroatoms. The summed E-state index contributed by atoms with van der Waals surface area (Å²) in [5.41, 5.74) is 0.667. The molecular weight excluding hydrogens is 276 g/mol. The number of likely N-dealkylation sites (tertiary alicyclic amines) is 1. The summed E-state index contributed by atoms with van der Waals surface area (Å²) in [6.45, 7) is 7.34. The van der Waals surface area contributed by atoms with Crippen molar-refractivity contribution in [3.8, 4) is 0 Å². The molecule has 5 nitrogen and oxygen atoms in total. The standard InChI is InChI=1S/C14H24N2O3S/c1-12(2)11-20(18,19)15-8-3-5-13(7-10-15)16-9-4-6-14(16)17/h13H,1,3-11H2,2H3. The van der Waals surface area contributed by atoms with Crippen molar-refractivity contribution in [3.05, 3.63) is 12.2 Å². The van der Waals surface area contributed by atoms with Gasteiger partial charge in [0.15, 0.2) is 0 Å². The Kier molecular flexibility index (Phi) is 4.86. The molecule has 1 atom stereocenters. The molecule has 0 saturated carbocycles. The summed E-state index contributed by atoms with van der Waals surface area (Å²) in [7, 11) is -3.24. The van der Waals surface area contributed by atoms with Gasteiger partial charge in [0.25, 0.3) is 0 Å². The van der Waals surface area contributed by atoms with Crippen molar-refractivity contribution < 1.29 is 13.2 Å². The van der Waals surface area contributed by atoms with Crippen molar-refractivity contribution in [3.63, 3.8) is 0 Å². The van der Waals surface area contributed by atoms with Gasteiger partial charge in [0.2, 0.25) is 15.9 Å². The van der Waals surface area contributed by atoms with E-state index in [9.17, 15) is 13.2 Å². The zero-order chi connectivity index (χ0) is 14.8. The van der Waals surface area contributed by atoms with Crippen LogP contribution in [0.15, 0.2) is 12.2 Å². The molecule has 0 aromatic heterocycles. The fourth-order valence-electron chi connectivity index (χ4n) is 3.10. The van der Waals surface area contributed by atoms with Crippen molar-refractivity contribution in [2.45, 2.75) is 45.1 Å². The molecule has 2 saturated heterocycles. The molecule has 0 N–H and O–H groups in total. The number of hydrogen-bond donors (Lipinski definition) is 0. The Bertz CT molecular complexity index is 487. The van der Waals surface area contributed by atoms with E-state index in [1.807, 2.05) is 4.90 Å². The van der Waals surface area contributed by atoms with E-state index in [0.717, 1.165) is 32.2 Å². The molecule has 1 amide bonds. The molecule has 0 bridgehead atoms. The zero-order valence-corrected chi connectivity index (χ0v) is 13.0. The number of hydrogen-bond acceptors (Lipinski definition) is 3. The Morgan fingerprint density at radius 1 is 1.25 bits per heavy atom. The highest BCUT2D eigenvalue weighted by atomic mass is 32.2. The maximum Gasteiger partial charge on any atom is 0.222 e. The molecule has 0 radical (unpaired) electrons. The summed E-state index contributed by atoms with van der Waals surface area (Å²) in [5, 5.41) is 0. The topological polar surface area (TPSA) is 57.7 Å². The van der Waals surface area contributed by atoms with E-state index in [4.69, 9.17) is 0 Å². The number of nitrogens with zero attached hydrogens (tertiary/aromatic N) is 2. The van der Waals surface area contributed by atoms with E-state index >= 15 is 0 Å². The van der Waals surface area contributed by atoms with E-state index in [0.29, 0.717) is 25.1 Å². The van der Waals surface area contributed by atoms with Gasteiger partial charge in [-0.15, -0.1) is 0 Å². The summed E-state index contributed by atoms with van der Waals surface area (Å²) in [4.78, 5) is 13.7. The lowest BCUT2D eigenvalue weighted by molar-refractivity contribution is -0.129. The first-order chi connectivity index (χ1) is 9.40. The lowest BCUT2D eigenvalue weighted by atomic mass is 10.1. The Balaban J connectivity index is 1.98. The van der Waals surface area contributed by atoms with Gasteiger partial charge in [0, 0.05) is 32.1 Å². The lowest BCUT2D eigenvalue weighted by Gasteiger charge is -2.26. The van der Waals surface area contributed by atoms with E-state index in [1.54, 1.807) is 11.2 Å². The number of sulfonamides is 1. The Morgan fingerprint density at radius 2 is 2.00 bits per heavy atom. The summed E-state index contributed by atoms with van der Waals surface area (Å²) in [6, 6.07) is 0.218. The number of carbonyl (C=O) groups excluding carboxylic acids is 1. The quantitative estimate of drug-likeness (QED) is 0.737. The first-order valence-corrected chi connectivity index (χ1v) is 8.93. The summed E-state index contributed by atoms with van der Waals surface area (Å²) < 4.78 is 26.0. The van der Waals surface area contributed by atoms with Crippen molar-refractivity contribution in [1.82, 2.24) is 9.21 Å². The third kappa shape index (κ3) is 3.61. The smallest absolute Gasteiger partial charge is 0.222 e. The van der Waals surface area contributed by atoms with Crippen LogP contribution in [-0.4, -0.2) is 55.0 Å². The fourth-order valence-corrected chi connectivity index (χ4v) is 4.70. The Morgan fingerprint density at radius 3 is 2.60 bits per heavy atom. The lowest BCUT2D eigenvalue weighted by Crippen LogP contribution is -2.38. The van der Waals surface area contributed by atoms with Gasteiger partial charge in [0.05, 0.1) is 5.75 Å². The molecule has 2 rings (SSSR count). The molecule has 20 heavy (non-hydrogen) atoms. The van der Waals surface area contributed by atoms with Crippen molar-refractivity contribution >= 4 is 15.9 Å². The van der Waals surface area contributed by atoms with Crippen LogP contribution in [0.25, 0.3) is 0 Å². The van der Waals surface area contributed by atoms with Gasteiger partial charge >= 0.3 is 0 Å². The third-order valence-corrected chi connectivity index (χ3v) is 6.04. The molecule has 2 aliphatic heterocycles. The van der Waals surface area contributed by atoms with Crippen LogP contribution in [0, 0.1) is 0 Å². The average Bonchev–Trinajstić information content (AvgIpc) is 2.63. The van der Waals surface area contributed by atoms with Crippen LogP contribution in [-0.2, 0) is 14.8 Å². The highest BCUT2D eigenvalue weighted by molar-refractivity contribution is 7.89. The van der Waals surface area contributed by atoms with E-state index < -0.39 is 10.0 Å². The van der Waals surface area contributed by atoms with Crippen LogP contribution in [0.1, 0.15) is 39.0 Å². The van der Waals surface area contributed by atoms with Crippen LogP contribution >= 0.6 is 0 Å². The number of rotatable bonds is 4. The van der Waals surface area contributed by atoms with Crippen molar-refractivity contribution in [2.75, 3.05) is 25.4 Å². The predicted molar refractivity (Wildman–Crippen MR) is 78.8 cm³/mol. The average molecular weight is 300 g/mol. The zero-order valence-electron chi connectivity index (χ0n) is 12.2. The van der Waals surface area contributed by atoms with Gasteiger partial charge in [-0.2, -0.15) is 0 Å². The van der Waals surface area contributed by atoms with Gasteiger partial charge in [0.1, 0.15) is 0 Å². The molecule has 0 aromatic carbocycles. The Hall–Kier alpha value is -0.880. The summed E-state index contributed by atoms with van der Waals surface area (Å²) >= 11 is 0. The molecule has 1 unspecified atom stereocenters. The van der Waals surface area contributed by atoms with Crippen LogP contribution in [0.2, 0.25) is 0 Å². The largest absolute Gasteiger partial charge is 0.340 e. The normalized spacial score (nSPS) is 25.8.